The van der Waals surface area contributed by atoms with E-state index in [9.17, 15) is 17.6 Å². The lowest BCUT2D eigenvalue weighted by Crippen LogP contribution is -2.04. The third-order valence-corrected chi connectivity index (χ3v) is 7.43. The van der Waals surface area contributed by atoms with E-state index >= 15 is 4.39 Å². The molecular weight excluding hydrogens is 503 g/mol. The molecule has 4 aromatic carbocycles. The Bertz CT molecular complexity index is 1370. The van der Waals surface area contributed by atoms with Gasteiger partial charge in [0.15, 0.2) is 0 Å². The Morgan fingerprint density at radius 2 is 1.18 bits per heavy atom. The maximum absolute atomic E-state index is 15.2. The molecular formula is C34H35F5. The molecule has 0 saturated carbocycles. The fourth-order valence-electron chi connectivity index (χ4n) is 5.04. The van der Waals surface area contributed by atoms with Gasteiger partial charge in [0.1, 0.15) is 11.6 Å². The van der Waals surface area contributed by atoms with Crippen molar-refractivity contribution in [1.82, 2.24) is 0 Å². The summed E-state index contributed by atoms with van der Waals surface area (Å²) in [5, 5.41) is 1.29. The van der Waals surface area contributed by atoms with Gasteiger partial charge in [0.2, 0.25) is 0 Å². The van der Waals surface area contributed by atoms with Crippen molar-refractivity contribution < 1.29 is 22.0 Å². The molecule has 0 aliphatic rings. The van der Waals surface area contributed by atoms with Crippen LogP contribution in [0.2, 0.25) is 0 Å². The zero-order valence-electron chi connectivity index (χ0n) is 22.4. The van der Waals surface area contributed by atoms with Gasteiger partial charge < -0.3 is 0 Å². The van der Waals surface area contributed by atoms with Gasteiger partial charge in [0.25, 0.3) is 0 Å². The highest BCUT2D eigenvalue weighted by molar-refractivity contribution is 5.84. The van der Waals surface area contributed by atoms with Crippen LogP contribution in [0.1, 0.15) is 72.4 Å². The molecule has 0 saturated heterocycles. The van der Waals surface area contributed by atoms with E-state index < -0.39 is 11.7 Å². The number of unbranched alkanes of at least 4 members (excludes halogenated alkanes) is 4. The van der Waals surface area contributed by atoms with Gasteiger partial charge in [-0.1, -0.05) is 87.2 Å². The van der Waals surface area contributed by atoms with Crippen LogP contribution >= 0.6 is 0 Å². The van der Waals surface area contributed by atoms with Crippen molar-refractivity contribution in [2.75, 3.05) is 0 Å². The van der Waals surface area contributed by atoms with Crippen molar-refractivity contribution in [3.63, 3.8) is 0 Å². The monoisotopic (exact) mass is 538 g/mol. The van der Waals surface area contributed by atoms with Crippen molar-refractivity contribution in [2.45, 2.75) is 77.3 Å². The molecule has 0 aliphatic carbocycles. The zero-order chi connectivity index (χ0) is 27.8. The van der Waals surface area contributed by atoms with E-state index in [2.05, 4.69) is 6.92 Å². The lowest BCUT2D eigenvalue weighted by molar-refractivity contribution is -0.137. The Morgan fingerprint density at radius 1 is 0.564 bits per heavy atom. The number of hydrogen-bond acceptors (Lipinski definition) is 0. The summed E-state index contributed by atoms with van der Waals surface area (Å²) in [6, 6.07) is 19.8. The lowest BCUT2D eigenvalue weighted by Gasteiger charge is -2.10. The van der Waals surface area contributed by atoms with Gasteiger partial charge in [-0.15, -0.1) is 0 Å². The summed E-state index contributed by atoms with van der Waals surface area (Å²) in [6.07, 6.45) is 4.57. The second-order valence-corrected chi connectivity index (χ2v) is 10.4. The number of aryl methyl sites for hydroxylation is 5. The van der Waals surface area contributed by atoms with Crippen LogP contribution in [0.4, 0.5) is 22.0 Å². The molecule has 39 heavy (non-hydrogen) atoms. The van der Waals surface area contributed by atoms with Crippen LogP contribution in [0.5, 0.6) is 0 Å². The van der Waals surface area contributed by atoms with Gasteiger partial charge in [-0.3, -0.25) is 0 Å². The van der Waals surface area contributed by atoms with Crippen molar-refractivity contribution >= 4 is 10.8 Å². The van der Waals surface area contributed by atoms with Crippen LogP contribution in [0.3, 0.4) is 0 Å². The Hall–Kier alpha value is -3.21. The third kappa shape index (κ3) is 7.90. The molecule has 0 spiro atoms. The first-order chi connectivity index (χ1) is 18.7. The SMILES string of the molecule is CCCCCCCc1ccc(CCc2ccc3c(F)c(CCc4ccc(C(F)(F)F)cc4)ccc3c2)c(F)c1. The van der Waals surface area contributed by atoms with E-state index in [0.717, 1.165) is 47.1 Å². The number of halogens is 5. The molecule has 0 radical (unpaired) electrons. The van der Waals surface area contributed by atoms with Crippen molar-refractivity contribution in [1.29, 1.82) is 0 Å². The summed E-state index contributed by atoms with van der Waals surface area (Å²) < 4.78 is 68.2. The minimum absolute atomic E-state index is 0.162. The minimum Gasteiger partial charge on any atom is -0.207 e. The van der Waals surface area contributed by atoms with Crippen molar-refractivity contribution in [3.8, 4) is 0 Å². The number of hydrogen-bond donors (Lipinski definition) is 0. The lowest BCUT2D eigenvalue weighted by atomic mass is 9.96. The zero-order valence-corrected chi connectivity index (χ0v) is 22.4. The van der Waals surface area contributed by atoms with Gasteiger partial charge in [0.05, 0.1) is 5.56 Å². The molecule has 0 fully saturated rings. The molecule has 0 N–H and O–H groups in total. The fraction of sp³-hybridized carbons (Fsp3) is 0.353. The fourth-order valence-corrected chi connectivity index (χ4v) is 5.04. The van der Waals surface area contributed by atoms with Crippen LogP contribution in [0.15, 0.2) is 72.8 Å². The molecule has 4 rings (SSSR count). The Balaban J connectivity index is 1.35. The Morgan fingerprint density at radius 3 is 1.90 bits per heavy atom. The number of alkyl halides is 3. The highest BCUT2D eigenvalue weighted by Gasteiger charge is 2.29. The second-order valence-electron chi connectivity index (χ2n) is 10.4. The van der Waals surface area contributed by atoms with Crippen LogP contribution in [0.25, 0.3) is 10.8 Å². The largest absolute Gasteiger partial charge is 0.416 e. The van der Waals surface area contributed by atoms with Crippen LogP contribution in [-0.4, -0.2) is 0 Å². The van der Waals surface area contributed by atoms with E-state index in [-0.39, 0.29) is 11.6 Å². The molecule has 206 valence electrons. The number of rotatable bonds is 12. The van der Waals surface area contributed by atoms with Crippen LogP contribution < -0.4 is 0 Å². The maximum Gasteiger partial charge on any atom is 0.416 e. The predicted molar refractivity (Wildman–Crippen MR) is 149 cm³/mol. The van der Waals surface area contributed by atoms with Gasteiger partial charge in [-0.2, -0.15) is 13.2 Å². The average molecular weight is 539 g/mol. The second kappa shape index (κ2) is 13.2. The van der Waals surface area contributed by atoms with Crippen molar-refractivity contribution in [3.05, 3.63) is 118 Å². The van der Waals surface area contributed by atoms with Gasteiger partial charge in [0, 0.05) is 5.39 Å². The van der Waals surface area contributed by atoms with E-state index in [4.69, 9.17) is 0 Å². The molecule has 0 unspecified atom stereocenters. The highest BCUT2D eigenvalue weighted by Crippen LogP contribution is 2.30. The molecule has 0 aliphatic heterocycles. The maximum atomic E-state index is 15.2. The smallest absolute Gasteiger partial charge is 0.207 e. The average Bonchev–Trinajstić information content (AvgIpc) is 2.92. The summed E-state index contributed by atoms with van der Waals surface area (Å²) in [5.41, 5.74) is 3.32. The molecule has 0 atom stereocenters. The quantitative estimate of drug-likeness (QED) is 0.124. The first kappa shape index (κ1) is 28.8. The van der Waals surface area contributed by atoms with Crippen LogP contribution in [0, 0.1) is 11.6 Å². The Labute approximate surface area is 227 Å². The van der Waals surface area contributed by atoms with E-state index in [1.807, 2.05) is 30.3 Å². The summed E-state index contributed by atoms with van der Waals surface area (Å²) in [4.78, 5) is 0. The van der Waals surface area contributed by atoms with E-state index in [1.54, 1.807) is 18.2 Å². The molecule has 0 aromatic heterocycles. The topological polar surface area (TPSA) is 0 Å². The third-order valence-electron chi connectivity index (χ3n) is 7.43. The number of benzene rings is 4. The molecule has 0 heterocycles. The van der Waals surface area contributed by atoms with Gasteiger partial charge in [-0.05, 0) is 89.9 Å². The first-order valence-electron chi connectivity index (χ1n) is 13.9. The predicted octanol–water partition coefficient (Wildman–Crippen LogP) is 10.2. The molecule has 5 heteroatoms. The van der Waals surface area contributed by atoms with Crippen molar-refractivity contribution in [2.24, 2.45) is 0 Å². The molecule has 0 nitrogen and oxygen atoms in total. The highest BCUT2D eigenvalue weighted by atomic mass is 19.4. The molecule has 0 bridgehead atoms. The normalized spacial score (nSPS) is 11.8. The number of fused-ring (bicyclic) bond motifs is 1. The van der Waals surface area contributed by atoms with E-state index in [1.165, 1.54) is 37.8 Å². The first-order valence-corrected chi connectivity index (χ1v) is 13.9. The standard InChI is InChI=1S/C34H35F5/c1-2-3-4-5-6-7-25-9-14-27(32(35)23-25)15-10-26-13-21-31-29(22-26)18-17-28(33(31)36)16-8-24-11-19-30(20-12-24)34(37,38)39/h9,11-14,17-23H,2-8,10,15-16H2,1H3. The summed E-state index contributed by atoms with van der Waals surface area (Å²) in [5.74, 6) is -0.465. The molecule has 0 amide bonds. The summed E-state index contributed by atoms with van der Waals surface area (Å²) >= 11 is 0. The van der Waals surface area contributed by atoms with Gasteiger partial charge in [-0.25, -0.2) is 8.78 Å². The summed E-state index contributed by atoms with van der Waals surface area (Å²) in [6.45, 7) is 2.19. The Kier molecular flexibility index (Phi) is 9.77. The summed E-state index contributed by atoms with van der Waals surface area (Å²) in [7, 11) is 0. The van der Waals surface area contributed by atoms with E-state index in [0.29, 0.717) is 42.2 Å². The molecule has 4 aromatic rings. The van der Waals surface area contributed by atoms with Gasteiger partial charge >= 0.3 is 6.18 Å². The minimum atomic E-state index is -4.37. The van der Waals surface area contributed by atoms with Crippen LogP contribution in [-0.2, 0) is 38.3 Å².